The maximum Gasteiger partial charge on any atom is 0.134 e. The molecule has 120 valence electrons. The van der Waals surface area contributed by atoms with Crippen LogP contribution in [0.1, 0.15) is 30.4 Å². The van der Waals surface area contributed by atoms with Gasteiger partial charge in [0.1, 0.15) is 18.0 Å². The van der Waals surface area contributed by atoms with Gasteiger partial charge in [0, 0.05) is 36.7 Å². The molecule has 5 heteroatoms. The molecule has 0 spiro atoms. The lowest BCUT2D eigenvalue weighted by atomic mass is 10.00. The van der Waals surface area contributed by atoms with Gasteiger partial charge < -0.3 is 9.80 Å². The molecule has 4 nitrogen and oxygen atoms in total. The van der Waals surface area contributed by atoms with E-state index in [2.05, 4.69) is 60.0 Å². The fourth-order valence-electron chi connectivity index (χ4n) is 3.56. The quantitative estimate of drug-likeness (QED) is 0.802. The first-order chi connectivity index (χ1) is 11.3. The van der Waals surface area contributed by atoms with Crippen LogP contribution >= 0.6 is 15.9 Å². The highest BCUT2D eigenvalue weighted by atomic mass is 79.9. The van der Waals surface area contributed by atoms with Crippen molar-refractivity contribution in [3.8, 4) is 0 Å². The molecule has 0 N–H and O–H groups in total. The summed E-state index contributed by atoms with van der Waals surface area (Å²) in [7, 11) is 0. The number of anilines is 2. The van der Waals surface area contributed by atoms with Gasteiger partial charge in [-0.3, -0.25) is 0 Å². The number of rotatable bonds is 2. The number of benzene rings is 1. The van der Waals surface area contributed by atoms with E-state index in [1.807, 2.05) is 0 Å². The van der Waals surface area contributed by atoms with Gasteiger partial charge in [-0.15, -0.1) is 0 Å². The first kappa shape index (κ1) is 14.9. The second-order valence-electron chi connectivity index (χ2n) is 6.33. The van der Waals surface area contributed by atoms with Gasteiger partial charge in [-0.25, -0.2) is 9.97 Å². The molecule has 0 bridgehead atoms. The maximum atomic E-state index is 4.53. The number of hydrogen-bond donors (Lipinski definition) is 0. The Morgan fingerprint density at radius 1 is 0.913 bits per heavy atom. The molecule has 3 heterocycles. The van der Waals surface area contributed by atoms with Gasteiger partial charge in [-0.05, 0) is 42.9 Å². The zero-order chi connectivity index (χ0) is 15.6. The second-order valence-corrected chi connectivity index (χ2v) is 7.19. The number of piperidine rings is 1. The molecular formula is C18H21BrN4. The highest BCUT2D eigenvalue weighted by Gasteiger charge is 2.20. The van der Waals surface area contributed by atoms with Crippen LogP contribution in [0.4, 0.5) is 11.6 Å². The molecule has 0 saturated carbocycles. The van der Waals surface area contributed by atoms with Crippen LogP contribution in [0.25, 0.3) is 0 Å². The monoisotopic (exact) mass is 372 g/mol. The summed E-state index contributed by atoms with van der Waals surface area (Å²) in [6.07, 6.45) is 6.65. The van der Waals surface area contributed by atoms with Crippen molar-refractivity contribution in [1.82, 2.24) is 9.97 Å². The predicted molar refractivity (Wildman–Crippen MR) is 97.0 cm³/mol. The largest absolute Gasteiger partial charge is 0.356 e. The molecule has 0 unspecified atom stereocenters. The number of nitrogens with zero attached hydrogens (tertiary/aromatic N) is 4. The van der Waals surface area contributed by atoms with E-state index in [0.29, 0.717) is 0 Å². The zero-order valence-electron chi connectivity index (χ0n) is 13.2. The summed E-state index contributed by atoms with van der Waals surface area (Å²) >= 11 is 3.67. The average molecular weight is 373 g/mol. The summed E-state index contributed by atoms with van der Waals surface area (Å²) in [6, 6.07) is 8.63. The highest BCUT2D eigenvalue weighted by molar-refractivity contribution is 9.10. The van der Waals surface area contributed by atoms with Crippen LogP contribution in [0.2, 0.25) is 0 Å². The lowest BCUT2D eigenvalue weighted by molar-refractivity contribution is 0.572. The van der Waals surface area contributed by atoms with Crippen LogP contribution in [0.5, 0.6) is 0 Å². The fraction of sp³-hybridized carbons (Fsp3) is 0.444. The number of aromatic nitrogens is 2. The minimum absolute atomic E-state index is 0.922. The first-order valence-corrected chi connectivity index (χ1v) is 9.19. The van der Waals surface area contributed by atoms with Crippen molar-refractivity contribution in [3.05, 3.63) is 46.2 Å². The van der Waals surface area contributed by atoms with Crippen LogP contribution in [-0.2, 0) is 13.0 Å². The zero-order valence-corrected chi connectivity index (χ0v) is 14.8. The van der Waals surface area contributed by atoms with Crippen molar-refractivity contribution in [3.63, 3.8) is 0 Å². The third kappa shape index (κ3) is 3.07. The Hall–Kier alpha value is -1.62. The highest BCUT2D eigenvalue weighted by Crippen LogP contribution is 2.29. The van der Waals surface area contributed by atoms with Crippen molar-refractivity contribution in [2.24, 2.45) is 0 Å². The Morgan fingerprint density at radius 3 is 2.52 bits per heavy atom. The minimum Gasteiger partial charge on any atom is -0.356 e. The third-order valence-electron chi connectivity index (χ3n) is 4.85. The molecule has 4 rings (SSSR count). The van der Waals surface area contributed by atoms with E-state index >= 15 is 0 Å². The van der Waals surface area contributed by atoms with Gasteiger partial charge >= 0.3 is 0 Å². The lowest BCUT2D eigenvalue weighted by Gasteiger charge is -2.32. The van der Waals surface area contributed by atoms with E-state index in [0.717, 1.165) is 44.2 Å². The van der Waals surface area contributed by atoms with Gasteiger partial charge in [0.25, 0.3) is 0 Å². The number of fused-ring (bicyclic) bond motifs is 1. The van der Waals surface area contributed by atoms with Crippen molar-refractivity contribution >= 4 is 27.6 Å². The summed E-state index contributed by atoms with van der Waals surface area (Å²) in [5, 5.41) is 0. The average Bonchev–Trinajstić information content (AvgIpc) is 2.62. The smallest absolute Gasteiger partial charge is 0.134 e. The van der Waals surface area contributed by atoms with Crippen LogP contribution in [0.15, 0.2) is 35.1 Å². The SMILES string of the molecule is Brc1cccc2c1CCN(c1cc(N3CCCCC3)ncn1)C2. The standard InChI is InChI=1S/C18H21BrN4/c19-16-6-4-5-14-12-23(10-7-15(14)16)18-11-17(20-13-21-18)22-8-2-1-3-9-22/h4-6,11,13H,1-3,7-10,12H2. The van der Waals surface area contributed by atoms with Crippen molar-refractivity contribution in [2.75, 3.05) is 29.4 Å². The van der Waals surface area contributed by atoms with Crippen molar-refractivity contribution in [2.45, 2.75) is 32.2 Å². The van der Waals surface area contributed by atoms with Gasteiger partial charge in [-0.2, -0.15) is 0 Å². The van der Waals surface area contributed by atoms with Crippen molar-refractivity contribution < 1.29 is 0 Å². The summed E-state index contributed by atoms with van der Waals surface area (Å²) < 4.78 is 1.23. The van der Waals surface area contributed by atoms with Crippen LogP contribution in [0, 0.1) is 0 Å². The third-order valence-corrected chi connectivity index (χ3v) is 5.59. The molecule has 0 amide bonds. The molecular weight excluding hydrogens is 352 g/mol. The van der Waals surface area contributed by atoms with E-state index in [9.17, 15) is 0 Å². The van der Waals surface area contributed by atoms with E-state index in [1.165, 1.54) is 34.9 Å². The molecule has 2 aliphatic rings. The number of hydrogen-bond acceptors (Lipinski definition) is 4. The molecule has 2 aromatic rings. The van der Waals surface area contributed by atoms with Crippen LogP contribution < -0.4 is 9.80 Å². The molecule has 23 heavy (non-hydrogen) atoms. The molecule has 1 fully saturated rings. The molecule has 2 aliphatic heterocycles. The lowest BCUT2D eigenvalue weighted by Crippen LogP contribution is -2.33. The van der Waals surface area contributed by atoms with Gasteiger partial charge in [0.15, 0.2) is 0 Å². The summed E-state index contributed by atoms with van der Waals surface area (Å²) in [4.78, 5) is 13.8. The second kappa shape index (κ2) is 6.48. The van der Waals surface area contributed by atoms with Gasteiger partial charge in [0.05, 0.1) is 0 Å². The fourth-order valence-corrected chi connectivity index (χ4v) is 4.17. The first-order valence-electron chi connectivity index (χ1n) is 8.39. The molecule has 0 atom stereocenters. The van der Waals surface area contributed by atoms with Gasteiger partial charge in [-0.1, -0.05) is 28.1 Å². The summed E-state index contributed by atoms with van der Waals surface area (Å²) in [5.74, 6) is 2.13. The van der Waals surface area contributed by atoms with Crippen LogP contribution in [0.3, 0.4) is 0 Å². The minimum atomic E-state index is 0.922. The number of halogens is 1. The van der Waals surface area contributed by atoms with Gasteiger partial charge in [0.2, 0.25) is 0 Å². The van der Waals surface area contributed by atoms with Crippen molar-refractivity contribution in [1.29, 1.82) is 0 Å². The molecule has 1 aromatic carbocycles. The maximum absolute atomic E-state index is 4.53. The molecule has 1 aromatic heterocycles. The Bertz CT molecular complexity index is 697. The Morgan fingerprint density at radius 2 is 1.70 bits per heavy atom. The van der Waals surface area contributed by atoms with E-state index in [-0.39, 0.29) is 0 Å². The van der Waals surface area contributed by atoms with E-state index in [4.69, 9.17) is 0 Å². The van der Waals surface area contributed by atoms with Crippen LogP contribution in [-0.4, -0.2) is 29.6 Å². The Balaban J connectivity index is 1.57. The van der Waals surface area contributed by atoms with E-state index in [1.54, 1.807) is 6.33 Å². The molecule has 1 saturated heterocycles. The van der Waals surface area contributed by atoms with E-state index < -0.39 is 0 Å². The Kier molecular flexibility index (Phi) is 4.21. The summed E-state index contributed by atoms with van der Waals surface area (Å²) in [6.45, 7) is 4.16. The molecule has 0 aliphatic carbocycles. The normalized spacial score (nSPS) is 18.0. The Labute approximate surface area is 145 Å². The summed E-state index contributed by atoms with van der Waals surface area (Å²) in [5.41, 5.74) is 2.83. The molecule has 0 radical (unpaired) electrons. The predicted octanol–water partition coefficient (Wildman–Crippen LogP) is 3.79. The topological polar surface area (TPSA) is 32.3 Å².